The summed E-state index contributed by atoms with van der Waals surface area (Å²) < 4.78 is 11.2. The molecular formula is C17H19O2. The normalized spacial score (nSPS) is 12.3. The minimum Gasteiger partial charge on any atom is -0.374 e. The SMILES string of the molecule is [CH2][C@@H](COCc1ccccc1)OCc1ccccc1. The summed E-state index contributed by atoms with van der Waals surface area (Å²) in [6.45, 7) is 5.61. The maximum absolute atomic E-state index is 5.63. The van der Waals surface area contributed by atoms with Crippen LogP contribution in [0.2, 0.25) is 0 Å². The highest BCUT2D eigenvalue weighted by Gasteiger charge is 2.03. The minimum atomic E-state index is -0.149. The molecule has 99 valence electrons. The van der Waals surface area contributed by atoms with Crippen molar-refractivity contribution < 1.29 is 9.47 Å². The van der Waals surface area contributed by atoms with Gasteiger partial charge < -0.3 is 9.47 Å². The molecule has 2 nitrogen and oxygen atoms in total. The molecule has 0 amide bonds. The summed E-state index contributed by atoms with van der Waals surface area (Å²) in [4.78, 5) is 0. The standard InChI is InChI=1S/C17H19O2/c1-15(19-14-17-10-6-3-7-11-17)12-18-13-16-8-4-2-5-9-16/h2-11,15H,1,12-14H2/t15-/m0/s1. The van der Waals surface area contributed by atoms with E-state index in [0.29, 0.717) is 19.8 Å². The Morgan fingerprint density at radius 1 is 0.789 bits per heavy atom. The van der Waals surface area contributed by atoms with Gasteiger partial charge >= 0.3 is 0 Å². The predicted molar refractivity (Wildman–Crippen MR) is 76.5 cm³/mol. The van der Waals surface area contributed by atoms with Gasteiger partial charge in [-0.2, -0.15) is 0 Å². The summed E-state index contributed by atoms with van der Waals surface area (Å²) in [5, 5.41) is 0. The van der Waals surface area contributed by atoms with Gasteiger partial charge in [0.05, 0.1) is 25.9 Å². The Morgan fingerprint density at radius 2 is 1.32 bits per heavy atom. The first-order chi connectivity index (χ1) is 9.34. The molecule has 0 saturated carbocycles. The van der Waals surface area contributed by atoms with Crippen LogP contribution in [0.3, 0.4) is 0 Å². The third-order valence-electron chi connectivity index (χ3n) is 2.74. The molecule has 0 fully saturated rings. The van der Waals surface area contributed by atoms with Gasteiger partial charge in [0, 0.05) is 0 Å². The van der Waals surface area contributed by atoms with Gasteiger partial charge in [-0.1, -0.05) is 60.7 Å². The minimum absolute atomic E-state index is 0.149. The molecule has 0 aliphatic carbocycles. The summed E-state index contributed by atoms with van der Waals surface area (Å²) in [5.41, 5.74) is 2.32. The zero-order chi connectivity index (χ0) is 13.3. The molecule has 0 unspecified atom stereocenters. The third kappa shape index (κ3) is 5.25. The van der Waals surface area contributed by atoms with Crippen LogP contribution in [-0.2, 0) is 22.7 Å². The molecule has 2 rings (SSSR count). The zero-order valence-corrected chi connectivity index (χ0v) is 11.0. The van der Waals surface area contributed by atoms with E-state index in [4.69, 9.17) is 9.47 Å². The molecule has 19 heavy (non-hydrogen) atoms. The summed E-state index contributed by atoms with van der Waals surface area (Å²) in [6, 6.07) is 20.2. The molecule has 0 saturated heterocycles. The third-order valence-corrected chi connectivity index (χ3v) is 2.74. The molecule has 2 aromatic rings. The lowest BCUT2D eigenvalue weighted by molar-refractivity contribution is -0.00672. The van der Waals surface area contributed by atoms with Crippen molar-refractivity contribution in [3.8, 4) is 0 Å². The second kappa shape index (κ2) is 7.72. The van der Waals surface area contributed by atoms with E-state index in [-0.39, 0.29) is 6.10 Å². The Kier molecular flexibility index (Phi) is 5.60. The zero-order valence-electron chi connectivity index (χ0n) is 11.0. The van der Waals surface area contributed by atoms with E-state index in [9.17, 15) is 0 Å². The summed E-state index contributed by atoms with van der Waals surface area (Å²) >= 11 is 0. The Bertz CT molecular complexity index is 453. The van der Waals surface area contributed by atoms with Gasteiger partial charge in [-0.25, -0.2) is 0 Å². The fraction of sp³-hybridized carbons (Fsp3) is 0.235. The Balaban J connectivity index is 1.64. The van der Waals surface area contributed by atoms with Crippen LogP contribution >= 0.6 is 0 Å². The van der Waals surface area contributed by atoms with Crippen LogP contribution in [0.1, 0.15) is 11.1 Å². The van der Waals surface area contributed by atoms with Gasteiger partial charge in [0.1, 0.15) is 0 Å². The van der Waals surface area contributed by atoms with E-state index in [1.54, 1.807) is 0 Å². The smallest absolute Gasteiger partial charge is 0.0814 e. The van der Waals surface area contributed by atoms with Crippen LogP contribution in [0.25, 0.3) is 0 Å². The van der Waals surface area contributed by atoms with Gasteiger partial charge in [0.2, 0.25) is 0 Å². The lowest BCUT2D eigenvalue weighted by Crippen LogP contribution is -2.16. The van der Waals surface area contributed by atoms with E-state index in [0.717, 1.165) is 11.1 Å². The van der Waals surface area contributed by atoms with Gasteiger partial charge in [0.25, 0.3) is 0 Å². The molecule has 0 heterocycles. The van der Waals surface area contributed by atoms with Crippen molar-refractivity contribution in [3.63, 3.8) is 0 Å². The molecule has 2 heteroatoms. The molecule has 0 spiro atoms. The Labute approximate surface area is 115 Å². The van der Waals surface area contributed by atoms with Gasteiger partial charge in [-0.15, -0.1) is 0 Å². The fourth-order valence-corrected chi connectivity index (χ4v) is 1.72. The highest BCUT2D eigenvalue weighted by Crippen LogP contribution is 2.05. The van der Waals surface area contributed by atoms with Crippen molar-refractivity contribution in [2.75, 3.05) is 6.61 Å². The van der Waals surface area contributed by atoms with Crippen molar-refractivity contribution in [1.82, 2.24) is 0 Å². The number of benzene rings is 2. The highest BCUT2D eigenvalue weighted by molar-refractivity contribution is 5.14. The van der Waals surface area contributed by atoms with Crippen molar-refractivity contribution in [2.45, 2.75) is 19.3 Å². The van der Waals surface area contributed by atoms with Crippen LogP contribution in [0.15, 0.2) is 60.7 Å². The monoisotopic (exact) mass is 255 g/mol. The fourth-order valence-electron chi connectivity index (χ4n) is 1.72. The van der Waals surface area contributed by atoms with Gasteiger partial charge in [-0.3, -0.25) is 0 Å². The van der Waals surface area contributed by atoms with Gasteiger partial charge in [0.15, 0.2) is 0 Å². The number of hydrogen-bond acceptors (Lipinski definition) is 2. The topological polar surface area (TPSA) is 18.5 Å². The Morgan fingerprint density at radius 3 is 1.89 bits per heavy atom. The van der Waals surface area contributed by atoms with Crippen LogP contribution in [0, 0.1) is 6.92 Å². The first kappa shape index (κ1) is 13.8. The van der Waals surface area contributed by atoms with Crippen molar-refractivity contribution >= 4 is 0 Å². The second-order valence-electron chi connectivity index (χ2n) is 4.42. The molecule has 1 radical (unpaired) electrons. The number of rotatable bonds is 7. The van der Waals surface area contributed by atoms with E-state index in [1.165, 1.54) is 0 Å². The van der Waals surface area contributed by atoms with Crippen molar-refractivity contribution in [3.05, 3.63) is 78.7 Å². The number of hydrogen-bond donors (Lipinski definition) is 0. The molecule has 0 aliphatic heterocycles. The van der Waals surface area contributed by atoms with E-state index in [1.807, 2.05) is 60.7 Å². The summed E-state index contributed by atoms with van der Waals surface area (Å²) in [5.74, 6) is 0. The maximum atomic E-state index is 5.63. The average molecular weight is 255 g/mol. The summed E-state index contributed by atoms with van der Waals surface area (Å²) in [6.07, 6.45) is -0.149. The molecule has 0 aliphatic rings. The van der Waals surface area contributed by atoms with Gasteiger partial charge in [-0.05, 0) is 18.1 Å². The molecule has 1 atom stereocenters. The largest absolute Gasteiger partial charge is 0.374 e. The molecule has 0 bridgehead atoms. The van der Waals surface area contributed by atoms with E-state index in [2.05, 4.69) is 6.92 Å². The summed E-state index contributed by atoms with van der Waals surface area (Å²) in [7, 11) is 0. The van der Waals surface area contributed by atoms with E-state index < -0.39 is 0 Å². The second-order valence-corrected chi connectivity index (χ2v) is 4.42. The van der Waals surface area contributed by atoms with Crippen LogP contribution in [0.4, 0.5) is 0 Å². The quantitative estimate of drug-likeness (QED) is 0.752. The molecule has 2 aromatic carbocycles. The maximum Gasteiger partial charge on any atom is 0.0814 e. The first-order valence-corrected chi connectivity index (χ1v) is 6.45. The molecule has 0 aromatic heterocycles. The lowest BCUT2D eigenvalue weighted by atomic mass is 10.2. The first-order valence-electron chi connectivity index (χ1n) is 6.45. The van der Waals surface area contributed by atoms with Crippen molar-refractivity contribution in [1.29, 1.82) is 0 Å². The van der Waals surface area contributed by atoms with E-state index >= 15 is 0 Å². The molecule has 0 N–H and O–H groups in total. The highest BCUT2D eigenvalue weighted by atomic mass is 16.5. The molecular weight excluding hydrogens is 236 g/mol. The average Bonchev–Trinajstić information content (AvgIpc) is 2.47. The van der Waals surface area contributed by atoms with Crippen molar-refractivity contribution in [2.24, 2.45) is 0 Å². The Hall–Kier alpha value is -1.64. The predicted octanol–water partition coefficient (Wildman–Crippen LogP) is 3.62. The van der Waals surface area contributed by atoms with Crippen LogP contribution in [-0.4, -0.2) is 12.7 Å². The van der Waals surface area contributed by atoms with Crippen LogP contribution < -0.4 is 0 Å². The number of ether oxygens (including phenoxy) is 2. The van der Waals surface area contributed by atoms with Crippen LogP contribution in [0.5, 0.6) is 0 Å². The lowest BCUT2D eigenvalue weighted by Gasteiger charge is -2.13.